The minimum absolute atomic E-state index is 0.257. The maximum Gasteiger partial charge on any atom is 0.338 e. The number of benzene rings is 1. The van der Waals surface area contributed by atoms with Gasteiger partial charge in [-0.25, -0.2) is 4.79 Å². The molecule has 18 heavy (non-hydrogen) atoms. The summed E-state index contributed by atoms with van der Waals surface area (Å²) in [6, 6.07) is 5.76. The van der Waals surface area contributed by atoms with E-state index >= 15 is 0 Å². The van der Waals surface area contributed by atoms with Crippen LogP contribution in [0.4, 0.5) is 0 Å². The Morgan fingerprint density at radius 1 is 1.28 bits per heavy atom. The molecule has 0 aliphatic heterocycles. The van der Waals surface area contributed by atoms with E-state index in [1.165, 1.54) is 0 Å². The van der Waals surface area contributed by atoms with E-state index in [-0.39, 0.29) is 5.97 Å². The van der Waals surface area contributed by atoms with Crippen molar-refractivity contribution in [2.75, 3.05) is 27.2 Å². The van der Waals surface area contributed by atoms with E-state index in [0.717, 1.165) is 23.0 Å². The van der Waals surface area contributed by atoms with Crippen molar-refractivity contribution < 1.29 is 9.53 Å². The quantitative estimate of drug-likeness (QED) is 0.562. The molecule has 0 N–H and O–H groups in total. The lowest BCUT2D eigenvalue weighted by Crippen LogP contribution is -2.20. The van der Waals surface area contributed by atoms with Crippen LogP contribution < -0.4 is 0 Å². The van der Waals surface area contributed by atoms with Gasteiger partial charge in [0.05, 0.1) is 5.56 Å². The minimum atomic E-state index is -0.257. The van der Waals surface area contributed by atoms with Gasteiger partial charge in [-0.1, -0.05) is 44.0 Å². The number of alkyl halides is 2. The number of hydrogen-bond acceptors (Lipinski definition) is 3. The zero-order chi connectivity index (χ0) is 13.5. The van der Waals surface area contributed by atoms with Crippen LogP contribution in [0, 0.1) is 0 Å². The van der Waals surface area contributed by atoms with Crippen LogP contribution in [0.5, 0.6) is 0 Å². The van der Waals surface area contributed by atoms with E-state index in [9.17, 15) is 4.79 Å². The highest BCUT2D eigenvalue weighted by atomic mass is 79.9. The molecule has 0 saturated heterocycles. The van der Waals surface area contributed by atoms with Crippen LogP contribution in [-0.2, 0) is 15.4 Å². The Labute approximate surface area is 125 Å². The fourth-order valence-electron chi connectivity index (χ4n) is 1.44. The van der Waals surface area contributed by atoms with Gasteiger partial charge >= 0.3 is 5.97 Å². The molecule has 0 spiro atoms. The molecule has 0 heterocycles. The zero-order valence-electron chi connectivity index (χ0n) is 10.6. The standard InChI is InChI=1S/C13H17Br2NO2/c1-16(2)5-6-18-13(17)12-4-3-10(8-14)7-11(12)9-15/h3-4,7H,5-6,8-9H2,1-2H3. The third-order valence-electron chi connectivity index (χ3n) is 2.46. The van der Waals surface area contributed by atoms with Crippen molar-refractivity contribution in [3.8, 4) is 0 Å². The first-order chi connectivity index (χ1) is 8.58. The summed E-state index contributed by atoms with van der Waals surface area (Å²) in [5.41, 5.74) is 2.74. The average Bonchev–Trinajstić information content (AvgIpc) is 2.37. The topological polar surface area (TPSA) is 29.5 Å². The second kappa shape index (κ2) is 7.92. The second-order valence-corrected chi connectivity index (χ2v) is 5.32. The summed E-state index contributed by atoms with van der Waals surface area (Å²) in [4.78, 5) is 13.9. The number of rotatable bonds is 6. The molecule has 0 unspecified atom stereocenters. The van der Waals surface area contributed by atoms with Crippen LogP contribution in [0.15, 0.2) is 18.2 Å². The molecule has 1 aromatic rings. The third-order valence-corrected chi connectivity index (χ3v) is 3.71. The fourth-order valence-corrected chi connectivity index (χ4v) is 2.25. The smallest absolute Gasteiger partial charge is 0.338 e. The Kier molecular flexibility index (Phi) is 6.89. The molecule has 0 saturated carbocycles. The van der Waals surface area contributed by atoms with Gasteiger partial charge in [0.1, 0.15) is 6.61 Å². The van der Waals surface area contributed by atoms with Gasteiger partial charge in [0.2, 0.25) is 0 Å². The molecule has 1 aromatic carbocycles. The monoisotopic (exact) mass is 377 g/mol. The van der Waals surface area contributed by atoms with Crippen molar-refractivity contribution in [2.45, 2.75) is 10.7 Å². The number of esters is 1. The van der Waals surface area contributed by atoms with Gasteiger partial charge in [-0.15, -0.1) is 0 Å². The van der Waals surface area contributed by atoms with Crippen molar-refractivity contribution in [3.05, 3.63) is 34.9 Å². The number of carbonyl (C=O) groups excluding carboxylic acids is 1. The van der Waals surface area contributed by atoms with Crippen molar-refractivity contribution >= 4 is 37.8 Å². The number of carbonyl (C=O) groups is 1. The summed E-state index contributed by atoms with van der Waals surface area (Å²) in [7, 11) is 3.89. The molecule has 0 aliphatic carbocycles. The van der Waals surface area contributed by atoms with Crippen molar-refractivity contribution in [1.29, 1.82) is 0 Å². The molecule has 0 fully saturated rings. The Hall–Kier alpha value is -0.390. The van der Waals surface area contributed by atoms with Gasteiger partial charge < -0.3 is 9.64 Å². The van der Waals surface area contributed by atoms with E-state index in [0.29, 0.717) is 17.5 Å². The first kappa shape index (κ1) is 15.7. The van der Waals surface area contributed by atoms with Gasteiger partial charge in [0, 0.05) is 17.2 Å². The largest absolute Gasteiger partial charge is 0.461 e. The summed E-state index contributed by atoms with van der Waals surface area (Å²) in [5.74, 6) is -0.257. The summed E-state index contributed by atoms with van der Waals surface area (Å²) in [5, 5.41) is 1.43. The molecule has 100 valence electrons. The minimum Gasteiger partial charge on any atom is -0.461 e. The first-order valence-corrected chi connectivity index (χ1v) is 7.88. The molecule has 5 heteroatoms. The molecular formula is C13H17Br2NO2. The normalized spacial score (nSPS) is 10.7. The maximum atomic E-state index is 11.9. The number of nitrogens with zero attached hydrogens (tertiary/aromatic N) is 1. The highest BCUT2D eigenvalue weighted by Crippen LogP contribution is 2.18. The van der Waals surface area contributed by atoms with Crippen LogP contribution in [0.1, 0.15) is 21.5 Å². The molecule has 0 aromatic heterocycles. The van der Waals surface area contributed by atoms with E-state index in [4.69, 9.17) is 4.74 Å². The van der Waals surface area contributed by atoms with Crippen molar-refractivity contribution in [3.63, 3.8) is 0 Å². The number of likely N-dealkylation sites (N-methyl/N-ethyl adjacent to an activating group) is 1. The fraction of sp³-hybridized carbons (Fsp3) is 0.462. The summed E-state index contributed by atoms with van der Waals surface area (Å²) in [6.07, 6.45) is 0. The highest BCUT2D eigenvalue weighted by Gasteiger charge is 2.12. The SMILES string of the molecule is CN(C)CCOC(=O)c1ccc(CBr)cc1CBr. The van der Waals surface area contributed by atoms with E-state index in [1.807, 2.05) is 37.2 Å². The van der Waals surface area contributed by atoms with E-state index in [1.54, 1.807) is 0 Å². The average molecular weight is 379 g/mol. The van der Waals surface area contributed by atoms with Crippen LogP contribution in [-0.4, -0.2) is 38.1 Å². The van der Waals surface area contributed by atoms with Crippen molar-refractivity contribution in [2.24, 2.45) is 0 Å². The molecule has 0 aliphatic rings. The van der Waals surface area contributed by atoms with E-state index < -0.39 is 0 Å². The van der Waals surface area contributed by atoms with Gasteiger partial charge in [-0.05, 0) is 31.3 Å². The lowest BCUT2D eigenvalue weighted by atomic mass is 10.1. The van der Waals surface area contributed by atoms with Gasteiger partial charge in [-0.3, -0.25) is 0 Å². The molecular weight excluding hydrogens is 362 g/mol. The Balaban J connectivity index is 2.72. The molecule has 1 rings (SSSR count). The maximum absolute atomic E-state index is 11.9. The lowest BCUT2D eigenvalue weighted by Gasteiger charge is -2.12. The molecule has 3 nitrogen and oxygen atoms in total. The van der Waals surface area contributed by atoms with Gasteiger partial charge in [0.25, 0.3) is 0 Å². The summed E-state index contributed by atoms with van der Waals surface area (Å²) < 4.78 is 5.24. The van der Waals surface area contributed by atoms with E-state index in [2.05, 4.69) is 31.9 Å². The van der Waals surface area contributed by atoms with Crippen LogP contribution >= 0.6 is 31.9 Å². The van der Waals surface area contributed by atoms with Crippen LogP contribution in [0.3, 0.4) is 0 Å². The Morgan fingerprint density at radius 2 is 2.00 bits per heavy atom. The predicted molar refractivity (Wildman–Crippen MR) is 80.5 cm³/mol. The predicted octanol–water partition coefficient (Wildman–Crippen LogP) is 3.19. The summed E-state index contributed by atoms with van der Waals surface area (Å²) >= 11 is 6.80. The van der Waals surface area contributed by atoms with Crippen molar-refractivity contribution in [1.82, 2.24) is 4.90 Å². The number of hydrogen-bond donors (Lipinski definition) is 0. The highest BCUT2D eigenvalue weighted by molar-refractivity contribution is 9.08. The lowest BCUT2D eigenvalue weighted by molar-refractivity contribution is 0.0481. The zero-order valence-corrected chi connectivity index (χ0v) is 13.8. The number of ether oxygens (including phenoxy) is 1. The molecule has 0 atom stereocenters. The van der Waals surface area contributed by atoms with Gasteiger partial charge in [0.15, 0.2) is 0 Å². The summed E-state index contributed by atoms with van der Waals surface area (Å²) in [6.45, 7) is 1.14. The number of halogens is 2. The first-order valence-electron chi connectivity index (χ1n) is 5.64. The van der Waals surface area contributed by atoms with Crippen LogP contribution in [0.2, 0.25) is 0 Å². The molecule has 0 radical (unpaired) electrons. The molecule has 0 bridgehead atoms. The van der Waals surface area contributed by atoms with Crippen LogP contribution in [0.25, 0.3) is 0 Å². The Bertz CT molecular complexity index is 408. The second-order valence-electron chi connectivity index (χ2n) is 4.20. The van der Waals surface area contributed by atoms with Gasteiger partial charge in [-0.2, -0.15) is 0 Å². The Morgan fingerprint density at radius 3 is 2.56 bits per heavy atom. The molecule has 0 amide bonds. The third kappa shape index (κ3) is 4.71.